The minimum atomic E-state index is -4.71. The van der Waals surface area contributed by atoms with E-state index in [1.54, 1.807) is 13.8 Å². The maximum atomic E-state index is 13.0. The summed E-state index contributed by atoms with van der Waals surface area (Å²) in [7, 11) is 0. The summed E-state index contributed by atoms with van der Waals surface area (Å²) >= 11 is 2.85. The number of hydrogen-bond acceptors (Lipinski definition) is 2. The van der Waals surface area contributed by atoms with Crippen molar-refractivity contribution in [2.24, 2.45) is 0 Å². The van der Waals surface area contributed by atoms with Gasteiger partial charge in [-0.25, -0.2) is 8.78 Å². The van der Waals surface area contributed by atoms with Crippen molar-refractivity contribution in [1.82, 2.24) is 9.78 Å². The number of Topliss-reactive ketones (excluding diaryl/α,β-unsaturated/α-hetero) is 1. The highest BCUT2D eigenvalue weighted by molar-refractivity contribution is 9.10. The molecule has 0 aliphatic carbocycles. The summed E-state index contributed by atoms with van der Waals surface area (Å²) in [6.45, 7) is 3.19. The molecule has 3 nitrogen and oxygen atoms in total. The first kappa shape index (κ1) is 14.1. The van der Waals surface area contributed by atoms with Crippen LogP contribution in [0.4, 0.5) is 17.6 Å². The highest BCUT2D eigenvalue weighted by Crippen LogP contribution is 2.31. The van der Waals surface area contributed by atoms with E-state index >= 15 is 0 Å². The Kier molecular flexibility index (Phi) is 3.95. The average Bonchev–Trinajstić information content (AvgIpc) is 2.58. The number of nitrogens with zero attached hydrogens (tertiary/aromatic N) is 2. The lowest BCUT2D eigenvalue weighted by Crippen LogP contribution is -2.38. The summed E-state index contributed by atoms with van der Waals surface area (Å²) in [5.41, 5.74) is -0.551. The summed E-state index contributed by atoms with van der Waals surface area (Å²) in [6, 6.07) is -0.395. The number of carbonyl (C=O) groups is 1. The van der Waals surface area contributed by atoms with Gasteiger partial charge in [0.15, 0.2) is 0 Å². The van der Waals surface area contributed by atoms with Gasteiger partial charge in [0.2, 0.25) is 0 Å². The van der Waals surface area contributed by atoms with Gasteiger partial charge in [0, 0.05) is 6.04 Å². The van der Waals surface area contributed by atoms with Crippen molar-refractivity contribution in [3.8, 4) is 0 Å². The minimum Gasteiger partial charge on any atom is -0.285 e. The van der Waals surface area contributed by atoms with Crippen LogP contribution in [0.2, 0.25) is 0 Å². The number of aromatic nitrogens is 2. The summed E-state index contributed by atoms with van der Waals surface area (Å²) in [5.74, 6) is -6.65. The van der Waals surface area contributed by atoms with Gasteiger partial charge in [-0.15, -0.1) is 0 Å². The maximum absolute atomic E-state index is 13.0. The van der Waals surface area contributed by atoms with Crippen LogP contribution in [0.3, 0.4) is 0 Å². The lowest BCUT2D eigenvalue weighted by Gasteiger charge is -2.16. The Morgan fingerprint density at radius 1 is 1.47 bits per heavy atom. The summed E-state index contributed by atoms with van der Waals surface area (Å²) < 4.78 is 51.1. The van der Waals surface area contributed by atoms with Gasteiger partial charge in [-0.05, 0) is 29.8 Å². The first-order valence-electron chi connectivity index (χ1n) is 4.63. The van der Waals surface area contributed by atoms with E-state index in [0.29, 0.717) is 0 Å². The fourth-order valence-corrected chi connectivity index (χ4v) is 1.66. The zero-order chi connectivity index (χ0) is 13.4. The van der Waals surface area contributed by atoms with Crippen LogP contribution < -0.4 is 0 Å². The van der Waals surface area contributed by atoms with E-state index in [4.69, 9.17) is 0 Å². The fraction of sp³-hybridized carbons (Fsp3) is 0.556. The molecule has 0 N–H and O–H groups in total. The van der Waals surface area contributed by atoms with E-state index in [2.05, 4.69) is 21.0 Å². The minimum absolute atomic E-state index is 0.0310. The Morgan fingerprint density at radius 3 is 2.41 bits per heavy atom. The third-order valence-electron chi connectivity index (χ3n) is 2.03. The molecule has 0 unspecified atom stereocenters. The molecule has 8 heteroatoms. The molecular formula is C9H9BrF4N2O. The van der Waals surface area contributed by atoms with Gasteiger partial charge in [0.25, 0.3) is 5.78 Å². The molecule has 1 rings (SSSR count). The van der Waals surface area contributed by atoms with Crippen molar-refractivity contribution in [2.45, 2.75) is 32.2 Å². The summed E-state index contributed by atoms with van der Waals surface area (Å²) in [5, 5.41) is 3.68. The van der Waals surface area contributed by atoms with E-state index < -0.39 is 29.9 Å². The van der Waals surface area contributed by atoms with Crippen LogP contribution >= 0.6 is 15.9 Å². The zero-order valence-corrected chi connectivity index (χ0v) is 10.5. The molecule has 0 radical (unpaired) electrons. The smallest absolute Gasteiger partial charge is 0.285 e. The quantitative estimate of drug-likeness (QED) is 0.631. The second kappa shape index (κ2) is 4.75. The predicted octanol–water partition coefficient (Wildman–Crippen LogP) is 3.31. The number of halogens is 5. The van der Waals surface area contributed by atoms with Crippen LogP contribution in [0.15, 0.2) is 10.7 Å². The van der Waals surface area contributed by atoms with Crippen LogP contribution in [0.1, 0.15) is 30.4 Å². The van der Waals surface area contributed by atoms with E-state index in [-0.39, 0.29) is 4.47 Å². The highest BCUT2D eigenvalue weighted by atomic mass is 79.9. The van der Waals surface area contributed by atoms with Gasteiger partial charge < -0.3 is 0 Å². The normalized spacial score (nSPS) is 12.5. The number of alkyl halides is 4. The van der Waals surface area contributed by atoms with Gasteiger partial charge in [-0.2, -0.15) is 13.9 Å². The molecule has 0 atom stereocenters. The van der Waals surface area contributed by atoms with Crippen molar-refractivity contribution in [3.05, 3.63) is 16.4 Å². The van der Waals surface area contributed by atoms with Crippen LogP contribution in [0, 0.1) is 0 Å². The summed E-state index contributed by atoms with van der Waals surface area (Å²) in [6.07, 6.45) is -2.92. The standard InChI is InChI=1S/C9H9BrF4N2O/c1-4(2)16-6(5(10)3-15-16)7(17)9(13,14)8(11)12/h3-4,8H,1-2H3. The van der Waals surface area contributed by atoms with Gasteiger partial charge in [-0.3, -0.25) is 9.48 Å². The Hall–Kier alpha value is -0.920. The van der Waals surface area contributed by atoms with Crippen molar-refractivity contribution < 1.29 is 22.4 Å². The van der Waals surface area contributed by atoms with Crippen LogP contribution in [0.25, 0.3) is 0 Å². The Labute approximate surface area is 103 Å². The molecule has 0 amide bonds. The average molecular weight is 317 g/mol. The third-order valence-corrected chi connectivity index (χ3v) is 2.61. The first-order valence-corrected chi connectivity index (χ1v) is 5.42. The highest BCUT2D eigenvalue weighted by Gasteiger charge is 2.51. The van der Waals surface area contributed by atoms with Crippen molar-refractivity contribution in [3.63, 3.8) is 0 Å². The van der Waals surface area contributed by atoms with Crippen LogP contribution in [0.5, 0.6) is 0 Å². The second-order valence-corrected chi connectivity index (χ2v) is 4.49. The largest absolute Gasteiger partial charge is 0.370 e. The zero-order valence-electron chi connectivity index (χ0n) is 8.92. The number of carbonyl (C=O) groups excluding carboxylic acids is 1. The van der Waals surface area contributed by atoms with E-state index in [1.807, 2.05) is 0 Å². The second-order valence-electron chi connectivity index (χ2n) is 3.63. The molecule has 17 heavy (non-hydrogen) atoms. The predicted molar refractivity (Wildman–Crippen MR) is 55.6 cm³/mol. The fourth-order valence-electron chi connectivity index (χ4n) is 1.20. The molecule has 0 aromatic carbocycles. The van der Waals surface area contributed by atoms with Gasteiger partial charge in [-0.1, -0.05) is 0 Å². The molecular weight excluding hydrogens is 308 g/mol. The van der Waals surface area contributed by atoms with Gasteiger partial charge >= 0.3 is 12.3 Å². The van der Waals surface area contributed by atoms with Crippen molar-refractivity contribution in [2.75, 3.05) is 0 Å². The Balaban J connectivity index is 3.25. The van der Waals surface area contributed by atoms with Crippen molar-refractivity contribution in [1.29, 1.82) is 0 Å². The maximum Gasteiger partial charge on any atom is 0.370 e. The molecule has 1 aromatic rings. The molecule has 96 valence electrons. The van der Waals surface area contributed by atoms with E-state index in [1.165, 1.54) is 0 Å². The third kappa shape index (κ3) is 2.51. The lowest BCUT2D eigenvalue weighted by atomic mass is 10.1. The summed E-state index contributed by atoms with van der Waals surface area (Å²) in [4.78, 5) is 11.4. The molecule has 0 fully saturated rings. The molecule has 1 heterocycles. The van der Waals surface area contributed by atoms with E-state index in [0.717, 1.165) is 10.9 Å². The SMILES string of the molecule is CC(C)n1ncc(Br)c1C(=O)C(F)(F)C(F)F. The van der Waals surface area contributed by atoms with Crippen LogP contribution in [-0.2, 0) is 0 Å². The van der Waals surface area contributed by atoms with Crippen LogP contribution in [-0.4, -0.2) is 27.9 Å². The first-order chi connectivity index (χ1) is 7.69. The van der Waals surface area contributed by atoms with E-state index in [9.17, 15) is 22.4 Å². The molecule has 0 saturated heterocycles. The molecule has 1 aromatic heterocycles. The van der Waals surface area contributed by atoms with Crippen molar-refractivity contribution >= 4 is 21.7 Å². The van der Waals surface area contributed by atoms with Gasteiger partial charge in [0.05, 0.1) is 10.7 Å². The molecule has 0 aliphatic heterocycles. The molecule has 0 bridgehead atoms. The number of ketones is 1. The van der Waals surface area contributed by atoms with Gasteiger partial charge in [0.1, 0.15) is 5.69 Å². The monoisotopic (exact) mass is 316 g/mol. The number of hydrogen-bond donors (Lipinski definition) is 0. The Bertz CT molecular complexity index is 431. The molecule has 0 aliphatic rings. The molecule has 0 spiro atoms. The Morgan fingerprint density at radius 2 is 2.00 bits per heavy atom. The molecule has 0 saturated carbocycles. The lowest BCUT2D eigenvalue weighted by molar-refractivity contribution is -0.0963. The number of rotatable bonds is 4. The topological polar surface area (TPSA) is 34.9 Å².